The smallest absolute Gasteiger partial charge is 0.409 e. The van der Waals surface area contributed by atoms with E-state index >= 15 is 0 Å². The molecule has 94 valence electrons. The van der Waals surface area contributed by atoms with Crippen LogP contribution in [0.2, 0.25) is 0 Å². The Morgan fingerprint density at radius 1 is 1.53 bits per heavy atom. The molecule has 1 atom stereocenters. The standard InChI is InChI=1S/C10H15N3O4/c1-2-17-9(16)13-5-3-4-10(6-13)7(14)11-8(15)12-10/h2-6H2,1H3,(H2,11,12,14,15). The predicted octanol–water partition coefficient (Wildman–Crippen LogP) is -0.183. The summed E-state index contributed by atoms with van der Waals surface area (Å²) in [4.78, 5) is 35.9. The van der Waals surface area contributed by atoms with Crippen molar-refractivity contribution >= 4 is 18.0 Å². The van der Waals surface area contributed by atoms with Crippen molar-refractivity contribution < 1.29 is 19.1 Å². The van der Waals surface area contributed by atoms with Crippen LogP contribution in [0.4, 0.5) is 9.59 Å². The van der Waals surface area contributed by atoms with E-state index in [1.54, 1.807) is 6.92 Å². The lowest BCUT2D eigenvalue weighted by Crippen LogP contribution is -2.59. The Labute approximate surface area is 98.5 Å². The van der Waals surface area contributed by atoms with Gasteiger partial charge in [-0.05, 0) is 19.8 Å². The van der Waals surface area contributed by atoms with Gasteiger partial charge in [0.05, 0.1) is 13.2 Å². The number of likely N-dealkylation sites (tertiary alicyclic amines) is 1. The fraction of sp³-hybridized carbons (Fsp3) is 0.700. The first-order valence-electron chi connectivity index (χ1n) is 5.63. The number of carbonyl (C=O) groups is 3. The fourth-order valence-electron chi connectivity index (χ4n) is 2.24. The van der Waals surface area contributed by atoms with Gasteiger partial charge in [0.1, 0.15) is 5.54 Å². The molecule has 2 fully saturated rings. The van der Waals surface area contributed by atoms with E-state index in [1.807, 2.05) is 0 Å². The number of piperidine rings is 1. The van der Waals surface area contributed by atoms with Crippen LogP contribution < -0.4 is 10.6 Å². The zero-order chi connectivity index (χ0) is 12.5. The molecule has 1 spiro atoms. The van der Waals surface area contributed by atoms with Crippen LogP contribution in [0, 0.1) is 0 Å². The summed E-state index contributed by atoms with van der Waals surface area (Å²) in [5.74, 6) is -0.364. The number of hydrogen-bond acceptors (Lipinski definition) is 4. The number of rotatable bonds is 1. The SMILES string of the molecule is CCOC(=O)N1CCCC2(C1)NC(=O)NC2=O. The van der Waals surface area contributed by atoms with Crippen LogP contribution in [0.3, 0.4) is 0 Å². The average molecular weight is 241 g/mol. The second kappa shape index (κ2) is 4.23. The molecular formula is C10H15N3O4. The molecule has 0 saturated carbocycles. The van der Waals surface area contributed by atoms with Crippen molar-refractivity contribution in [3.05, 3.63) is 0 Å². The minimum absolute atomic E-state index is 0.170. The van der Waals surface area contributed by atoms with Gasteiger partial charge in [0.2, 0.25) is 0 Å². The van der Waals surface area contributed by atoms with Crippen molar-refractivity contribution in [2.45, 2.75) is 25.3 Å². The van der Waals surface area contributed by atoms with Crippen molar-refractivity contribution in [1.29, 1.82) is 0 Å². The Kier molecular flexibility index (Phi) is 2.91. The summed E-state index contributed by atoms with van der Waals surface area (Å²) < 4.78 is 4.89. The second-order valence-electron chi connectivity index (χ2n) is 4.21. The summed E-state index contributed by atoms with van der Waals surface area (Å²) in [6.45, 7) is 2.73. The van der Waals surface area contributed by atoms with Crippen LogP contribution >= 0.6 is 0 Å². The molecule has 0 aromatic carbocycles. The minimum atomic E-state index is -0.970. The van der Waals surface area contributed by atoms with Crippen LogP contribution in [-0.2, 0) is 9.53 Å². The number of ether oxygens (including phenoxy) is 1. The normalized spacial score (nSPS) is 27.9. The zero-order valence-electron chi connectivity index (χ0n) is 9.62. The summed E-state index contributed by atoms with van der Waals surface area (Å²) in [5, 5.41) is 4.80. The van der Waals surface area contributed by atoms with Crippen LogP contribution in [0.15, 0.2) is 0 Å². The van der Waals surface area contributed by atoms with E-state index in [0.29, 0.717) is 26.0 Å². The molecule has 4 amide bonds. The maximum atomic E-state index is 11.7. The second-order valence-corrected chi connectivity index (χ2v) is 4.21. The lowest BCUT2D eigenvalue weighted by atomic mass is 9.89. The molecule has 17 heavy (non-hydrogen) atoms. The Bertz CT molecular complexity index is 371. The van der Waals surface area contributed by atoms with Gasteiger partial charge < -0.3 is 15.0 Å². The van der Waals surface area contributed by atoms with Crippen LogP contribution in [-0.4, -0.2) is 48.2 Å². The minimum Gasteiger partial charge on any atom is -0.450 e. The first-order chi connectivity index (χ1) is 8.07. The Morgan fingerprint density at radius 3 is 2.88 bits per heavy atom. The molecule has 2 N–H and O–H groups in total. The van der Waals surface area contributed by atoms with E-state index in [9.17, 15) is 14.4 Å². The zero-order valence-corrected chi connectivity index (χ0v) is 9.62. The largest absolute Gasteiger partial charge is 0.450 e. The highest BCUT2D eigenvalue weighted by Gasteiger charge is 2.49. The third kappa shape index (κ3) is 2.04. The quantitative estimate of drug-likeness (QED) is 0.623. The maximum Gasteiger partial charge on any atom is 0.409 e. The van der Waals surface area contributed by atoms with Gasteiger partial charge in [-0.15, -0.1) is 0 Å². The van der Waals surface area contributed by atoms with Gasteiger partial charge in [0.15, 0.2) is 0 Å². The first kappa shape index (κ1) is 11.7. The molecule has 7 heteroatoms. The molecule has 2 saturated heterocycles. The van der Waals surface area contributed by atoms with E-state index < -0.39 is 17.7 Å². The van der Waals surface area contributed by atoms with Gasteiger partial charge in [-0.1, -0.05) is 0 Å². The molecule has 0 aromatic rings. The molecule has 1 unspecified atom stereocenters. The van der Waals surface area contributed by atoms with Gasteiger partial charge in [-0.2, -0.15) is 0 Å². The number of carbonyl (C=O) groups excluding carboxylic acids is 3. The summed E-state index contributed by atoms with van der Waals surface area (Å²) in [6, 6.07) is -0.499. The monoisotopic (exact) mass is 241 g/mol. The highest BCUT2D eigenvalue weighted by molar-refractivity contribution is 6.07. The maximum absolute atomic E-state index is 11.7. The van der Waals surface area contributed by atoms with Gasteiger partial charge >= 0.3 is 12.1 Å². The summed E-state index contributed by atoms with van der Waals surface area (Å²) >= 11 is 0. The summed E-state index contributed by atoms with van der Waals surface area (Å²) in [7, 11) is 0. The molecule has 0 radical (unpaired) electrons. The van der Waals surface area contributed by atoms with Crippen LogP contribution in [0.1, 0.15) is 19.8 Å². The van der Waals surface area contributed by atoms with Crippen LogP contribution in [0.25, 0.3) is 0 Å². The van der Waals surface area contributed by atoms with E-state index in [2.05, 4.69) is 10.6 Å². The first-order valence-corrected chi connectivity index (χ1v) is 5.63. The van der Waals surface area contributed by atoms with Gasteiger partial charge in [0.25, 0.3) is 5.91 Å². The molecule has 7 nitrogen and oxygen atoms in total. The number of urea groups is 1. The van der Waals surface area contributed by atoms with E-state index in [0.717, 1.165) is 0 Å². The number of amides is 4. The Morgan fingerprint density at radius 2 is 2.29 bits per heavy atom. The molecule has 2 heterocycles. The molecule has 2 aliphatic heterocycles. The fourth-order valence-corrected chi connectivity index (χ4v) is 2.24. The Balaban J connectivity index is 2.09. The van der Waals surface area contributed by atoms with Crippen molar-refractivity contribution in [1.82, 2.24) is 15.5 Å². The van der Waals surface area contributed by atoms with Crippen LogP contribution in [0.5, 0.6) is 0 Å². The van der Waals surface area contributed by atoms with Gasteiger partial charge in [-0.25, -0.2) is 9.59 Å². The Hall–Kier alpha value is -1.79. The lowest BCUT2D eigenvalue weighted by Gasteiger charge is -2.37. The van der Waals surface area contributed by atoms with Crippen molar-refractivity contribution in [3.63, 3.8) is 0 Å². The highest BCUT2D eigenvalue weighted by Crippen LogP contribution is 2.24. The third-order valence-corrected chi connectivity index (χ3v) is 3.03. The summed E-state index contributed by atoms with van der Waals surface area (Å²) in [6.07, 6.45) is 0.757. The third-order valence-electron chi connectivity index (χ3n) is 3.03. The average Bonchev–Trinajstić information content (AvgIpc) is 2.54. The van der Waals surface area contributed by atoms with Gasteiger partial charge in [-0.3, -0.25) is 10.1 Å². The molecule has 0 aromatic heterocycles. The number of hydrogen-bond donors (Lipinski definition) is 2. The number of nitrogens with one attached hydrogen (secondary N) is 2. The van der Waals surface area contributed by atoms with Crippen molar-refractivity contribution in [3.8, 4) is 0 Å². The van der Waals surface area contributed by atoms with Gasteiger partial charge in [0, 0.05) is 6.54 Å². The topological polar surface area (TPSA) is 87.7 Å². The van der Waals surface area contributed by atoms with E-state index in [-0.39, 0.29) is 12.5 Å². The van der Waals surface area contributed by atoms with E-state index in [4.69, 9.17) is 4.74 Å². The number of nitrogens with zero attached hydrogens (tertiary/aromatic N) is 1. The number of imide groups is 1. The molecular weight excluding hydrogens is 226 g/mol. The highest BCUT2D eigenvalue weighted by atomic mass is 16.6. The summed E-state index contributed by atoms with van der Waals surface area (Å²) in [5.41, 5.74) is -0.970. The van der Waals surface area contributed by atoms with Crippen molar-refractivity contribution in [2.24, 2.45) is 0 Å². The van der Waals surface area contributed by atoms with E-state index in [1.165, 1.54) is 4.90 Å². The van der Waals surface area contributed by atoms with Crippen molar-refractivity contribution in [2.75, 3.05) is 19.7 Å². The lowest BCUT2D eigenvalue weighted by molar-refractivity contribution is -0.125. The molecule has 2 aliphatic rings. The molecule has 0 bridgehead atoms. The predicted molar refractivity (Wildman–Crippen MR) is 57.2 cm³/mol. The molecule has 2 rings (SSSR count). The molecule has 0 aliphatic carbocycles.